The van der Waals surface area contributed by atoms with E-state index in [1.54, 1.807) is 6.92 Å². The van der Waals surface area contributed by atoms with Crippen LogP contribution in [-0.2, 0) is 4.79 Å². The number of carbonyl (C=O) groups is 1. The van der Waals surface area contributed by atoms with Crippen molar-refractivity contribution in [3.05, 3.63) is 27.9 Å². The van der Waals surface area contributed by atoms with Crippen LogP contribution in [0.3, 0.4) is 0 Å². The van der Waals surface area contributed by atoms with Gasteiger partial charge in [0.05, 0.1) is 11.0 Å². The molecule has 0 bridgehead atoms. The minimum atomic E-state index is -1.06. The number of nitrogens with zero attached hydrogens (tertiary/aromatic N) is 2. The molecule has 0 aliphatic heterocycles. The van der Waals surface area contributed by atoms with Crippen LogP contribution in [0.25, 0.3) is 0 Å². The minimum absolute atomic E-state index is 0.0853. The maximum Gasteiger partial charge on any atom is 0.322 e. The molecule has 80 valence electrons. The fraction of sp³-hybridized carbons (Fsp3) is 0.250. The van der Waals surface area contributed by atoms with Gasteiger partial charge in [0.25, 0.3) is 5.69 Å². The normalized spacial score (nSPS) is 9.67. The maximum absolute atomic E-state index is 10.5. The number of carboxylic acid groups (broad SMARTS) is 1. The Labute approximate surface area is 84.9 Å². The second kappa shape index (κ2) is 4.36. The number of nitro groups is 1. The van der Waals surface area contributed by atoms with Gasteiger partial charge in [0, 0.05) is 11.8 Å². The van der Waals surface area contributed by atoms with Crippen LogP contribution < -0.4 is 5.32 Å². The van der Waals surface area contributed by atoms with Crippen LogP contribution in [-0.4, -0.2) is 27.5 Å². The van der Waals surface area contributed by atoms with E-state index in [1.807, 2.05) is 0 Å². The molecule has 1 aromatic rings. The lowest BCUT2D eigenvalue weighted by atomic mass is 10.2. The van der Waals surface area contributed by atoms with E-state index in [9.17, 15) is 14.9 Å². The molecular weight excluding hydrogens is 202 g/mol. The van der Waals surface area contributed by atoms with Crippen molar-refractivity contribution >= 4 is 17.5 Å². The molecule has 0 atom stereocenters. The highest BCUT2D eigenvalue weighted by Crippen LogP contribution is 2.19. The molecule has 1 heterocycles. The molecule has 0 radical (unpaired) electrons. The van der Waals surface area contributed by atoms with E-state index in [0.29, 0.717) is 5.56 Å². The fourth-order valence-corrected chi connectivity index (χ4v) is 0.973. The monoisotopic (exact) mass is 211 g/mol. The molecule has 1 aromatic heterocycles. The quantitative estimate of drug-likeness (QED) is 0.563. The molecule has 7 heteroatoms. The Hall–Kier alpha value is -2.18. The first-order valence-corrected chi connectivity index (χ1v) is 4.07. The van der Waals surface area contributed by atoms with Crippen LogP contribution >= 0.6 is 0 Å². The zero-order chi connectivity index (χ0) is 11.4. The number of hydrogen-bond acceptors (Lipinski definition) is 5. The lowest BCUT2D eigenvalue weighted by molar-refractivity contribution is -0.385. The largest absolute Gasteiger partial charge is 0.480 e. The third-order valence-corrected chi connectivity index (χ3v) is 1.69. The van der Waals surface area contributed by atoms with Crippen LogP contribution in [0.15, 0.2) is 12.3 Å². The summed E-state index contributed by atoms with van der Waals surface area (Å²) in [5.41, 5.74) is 0.346. The standard InChI is InChI=1S/C8H9N3O4/c1-5-3-9-7(10-4-8(12)13)2-6(5)11(14)15/h2-3H,4H2,1H3,(H,9,10)(H,12,13). The third kappa shape index (κ3) is 2.90. The van der Waals surface area contributed by atoms with Crippen molar-refractivity contribution in [2.75, 3.05) is 11.9 Å². The lowest BCUT2D eigenvalue weighted by Crippen LogP contribution is -2.13. The molecule has 0 aliphatic rings. The van der Waals surface area contributed by atoms with Crippen molar-refractivity contribution in [3.8, 4) is 0 Å². The molecule has 0 aromatic carbocycles. The molecule has 2 N–H and O–H groups in total. The Balaban J connectivity index is 2.87. The second-order valence-corrected chi connectivity index (χ2v) is 2.86. The highest BCUT2D eigenvalue weighted by atomic mass is 16.6. The summed E-state index contributed by atoms with van der Waals surface area (Å²) in [7, 11) is 0. The lowest BCUT2D eigenvalue weighted by Gasteiger charge is -2.02. The predicted molar refractivity (Wildman–Crippen MR) is 51.8 cm³/mol. The number of hydrogen-bond donors (Lipinski definition) is 2. The average molecular weight is 211 g/mol. The number of anilines is 1. The van der Waals surface area contributed by atoms with Crippen molar-refractivity contribution < 1.29 is 14.8 Å². The summed E-state index contributed by atoms with van der Waals surface area (Å²) in [6, 6.07) is 1.21. The number of pyridine rings is 1. The number of aliphatic carboxylic acids is 1. The van der Waals surface area contributed by atoms with Gasteiger partial charge in [0.15, 0.2) is 0 Å². The molecule has 0 unspecified atom stereocenters. The van der Waals surface area contributed by atoms with Gasteiger partial charge in [-0.15, -0.1) is 0 Å². The van der Waals surface area contributed by atoms with Gasteiger partial charge in [0.1, 0.15) is 12.4 Å². The molecule has 7 nitrogen and oxygen atoms in total. The van der Waals surface area contributed by atoms with Gasteiger partial charge in [-0.1, -0.05) is 0 Å². The zero-order valence-electron chi connectivity index (χ0n) is 7.93. The van der Waals surface area contributed by atoms with Crippen LogP contribution in [0, 0.1) is 17.0 Å². The molecular formula is C8H9N3O4. The van der Waals surface area contributed by atoms with Crippen molar-refractivity contribution in [2.24, 2.45) is 0 Å². The van der Waals surface area contributed by atoms with E-state index in [1.165, 1.54) is 12.3 Å². The van der Waals surface area contributed by atoms with Crippen LogP contribution in [0.4, 0.5) is 11.5 Å². The summed E-state index contributed by atoms with van der Waals surface area (Å²) in [5, 5.41) is 21.4. The Kier molecular flexibility index (Phi) is 3.17. The van der Waals surface area contributed by atoms with Crippen molar-refractivity contribution in [1.29, 1.82) is 0 Å². The Morgan fingerprint density at radius 3 is 2.93 bits per heavy atom. The smallest absolute Gasteiger partial charge is 0.322 e. The Morgan fingerprint density at radius 2 is 2.40 bits per heavy atom. The first kappa shape index (κ1) is 10.9. The first-order chi connectivity index (χ1) is 7.00. The van der Waals surface area contributed by atoms with Gasteiger partial charge in [-0.2, -0.15) is 0 Å². The summed E-state index contributed by atoms with van der Waals surface area (Å²) in [5.74, 6) is -0.880. The van der Waals surface area contributed by atoms with E-state index in [2.05, 4.69) is 10.3 Å². The van der Waals surface area contributed by atoms with Gasteiger partial charge in [0.2, 0.25) is 0 Å². The van der Waals surface area contributed by atoms with Crippen LogP contribution in [0.2, 0.25) is 0 Å². The molecule has 0 aliphatic carbocycles. The maximum atomic E-state index is 10.5. The number of nitrogens with one attached hydrogen (secondary N) is 1. The van der Waals surface area contributed by atoms with Crippen molar-refractivity contribution in [3.63, 3.8) is 0 Å². The summed E-state index contributed by atoms with van der Waals surface area (Å²) in [6.45, 7) is 1.24. The summed E-state index contributed by atoms with van der Waals surface area (Å²) >= 11 is 0. The highest BCUT2D eigenvalue weighted by Gasteiger charge is 2.12. The zero-order valence-corrected chi connectivity index (χ0v) is 7.93. The number of rotatable bonds is 4. The second-order valence-electron chi connectivity index (χ2n) is 2.86. The molecule has 1 rings (SSSR count). The molecule has 0 saturated carbocycles. The topological polar surface area (TPSA) is 105 Å². The Morgan fingerprint density at radius 1 is 1.73 bits per heavy atom. The van der Waals surface area contributed by atoms with E-state index < -0.39 is 10.9 Å². The van der Waals surface area contributed by atoms with E-state index >= 15 is 0 Å². The van der Waals surface area contributed by atoms with Gasteiger partial charge < -0.3 is 10.4 Å². The Bertz CT molecular complexity index is 405. The number of aromatic nitrogens is 1. The third-order valence-electron chi connectivity index (χ3n) is 1.69. The van der Waals surface area contributed by atoms with Crippen molar-refractivity contribution in [2.45, 2.75) is 6.92 Å². The van der Waals surface area contributed by atoms with Crippen molar-refractivity contribution in [1.82, 2.24) is 4.98 Å². The molecule has 0 saturated heterocycles. The summed E-state index contributed by atoms with van der Waals surface area (Å²) < 4.78 is 0. The average Bonchev–Trinajstić information content (AvgIpc) is 2.16. The van der Waals surface area contributed by atoms with E-state index in [4.69, 9.17) is 5.11 Å². The fourth-order valence-electron chi connectivity index (χ4n) is 0.973. The van der Waals surface area contributed by atoms with Gasteiger partial charge in [-0.05, 0) is 6.92 Å². The van der Waals surface area contributed by atoms with Gasteiger partial charge >= 0.3 is 5.97 Å². The summed E-state index contributed by atoms with van der Waals surface area (Å²) in [4.78, 5) is 24.1. The van der Waals surface area contributed by atoms with Gasteiger partial charge in [-0.3, -0.25) is 14.9 Å². The van der Waals surface area contributed by atoms with Crippen LogP contribution in [0.1, 0.15) is 5.56 Å². The van der Waals surface area contributed by atoms with Gasteiger partial charge in [-0.25, -0.2) is 4.98 Å². The highest BCUT2D eigenvalue weighted by molar-refractivity contribution is 5.72. The van der Waals surface area contributed by atoms with Crippen LogP contribution in [0.5, 0.6) is 0 Å². The molecule has 0 fully saturated rings. The van der Waals surface area contributed by atoms with E-state index in [0.717, 1.165) is 0 Å². The molecule has 15 heavy (non-hydrogen) atoms. The first-order valence-electron chi connectivity index (χ1n) is 4.07. The summed E-state index contributed by atoms with van der Waals surface area (Å²) in [6.07, 6.45) is 1.32. The predicted octanol–water partition coefficient (Wildman–Crippen LogP) is 0.795. The number of aryl methyl sites for hydroxylation is 1. The number of carboxylic acids is 1. The molecule has 0 amide bonds. The van der Waals surface area contributed by atoms with E-state index in [-0.39, 0.29) is 18.1 Å². The SMILES string of the molecule is Cc1cnc(NCC(=O)O)cc1[N+](=O)[O-]. The minimum Gasteiger partial charge on any atom is -0.480 e. The molecule has 0 spiro atoms.